The third kappa shape index (κ3) is 4.01. The fourth-order valence-electron chi connectivity index (χ4n) is 2.52. The molecular weight excluding hydrogens is 300 g/mol. The molecule has 0 bridgehead atoms. The van der Waals surface area contributed by atoms with Gasteiger partial charge in [0.05, 0.1) is 12.0 Å². The molecule has 1 fully saturated rings. The summed E-state index contributed by atoms with van der Waals surface area (Å²) in [6.45, 7) is 6.39. The van der Waals surface area contributed by atoms with Crippen LogP contribution in [0.3, 0.4) is 0 Å². The molecular formula is C16H20N2O5. The van der Waals surface area contributed by atoms with Crippen molar-refractivity contribution in [2.45, 2.75) is 13.3 Å². The van der Waals surface area contributed by atoms with E-state index in [4.69, 9.17) is 24.2 Å². The van der Waals surface area contributed by atoms with Crippen LogP contribution in [-0.4, -0.2) is 48.3 Å². The van der Waals surface area contributed by atoms with E-state index >= 15 is 0 Å². The largest absolute Gasteiger partial charge is 0.473 e. The Morgan fingerprint density at radius 1 is 1.22 bits per heavy atom. The number of carboxylic acid groups (broad SMARTS) is 2. The topological polar surface area (TPSA) is 103 Å². The zero-order valence-electron chi connectivity index (χ0n) is 12.9. The number of hydrogen-bond donors (Lipinski definition) is 3. The first-order valence-electron chi connectivity index (χ1n) is 7.45. The molecule has 0 aliphatic carbocycles. The summed E-state index contributed by atoms with van der Waals surface area (Å²) >= 11 is 0. The number of hydrogen-bond acceptors (Lipinski definition) is 5. The molecule has 3 N–H and O–H groups in total. The van der Waals surface area contributed by atoms with Gasteiger partial charge in [0.15, 0.2) is 5.58 Å². The summed E-state index contributed by atoms with van der Waals surface area (Å²) in [5.74, 6) is -3.65. The SMILES string of the molecule is CCc1coc2c(N3CCNCC3)cccc12.O=C(O)C(=O)O. The Morgan fingerprint density at radius 2 is 1.87 bits per heavy atom. The Morgan fingerprint density at radius 3 is 2.43 bits per heavy atom. The molecule has 0 unspecified atom stereocenters. The van der Waals surface area contributed by atoms with Gasteiger partial charge >= 0.3 is 11.9 Å². The number of rotatable bonds is 2. The molecule has 0 amide bonds. The second-order valence-electron chi connectivity index (χ2n) is 5.12. The van der Waals surface area contributed by atoms with E-state index in [1.807, 2.05) is 6.26 Å². The highest BCUT2D eigenvalue weighted by Crippen LogP contribution is 2.30. The lowest BCUT2D eigenvalue weighted by Crippen LogP contribution is -2.43. The maximum absolute atomic E-state index is 9.10. The van der Waals surface area contributed by atoms with Crippen LogP contribution in [-0.2, 0) is 16.0 Å². The third-order valence-electron chi connectivity index (χ3n) is 3.68. The van der Waals surface area contributed by atoms with E-state index in [2.05, 4.69) is 35.3 Å². The Kier molecular flexibility index (Phi) is 5.59. The van der Waals surface area contributed by atoms with Gasteiger partial charge in [-0.15, -0.1) is 0 Å². The fourth-order valence-corrected chi connectivity index (χ4v) is 2.52. The first kappa shape index (κ1) is 16.8. The summed E-state index contributed by atoms with van der Waals surface area (Å²) in [7, 11) is 0. The van der Waals surface area contributed by atoms with Gasteiger partial charge < -0.3 is 24.8 Å². The van der Waals surface area contributed by atoms with E-state index in [1.165, 1.54) is 16.6 Å². The molecule has 1 aliphatic heterocycles. The molecule has 7 heteroatoms. The third-order valence-corrected chi connectivity index (χ3v) is 3.68. The Balaban J connectivity index is 0.000000277. The van der Waals surface area contributed by atoms with Crippen molar-refractivity contribution >= 4 is 28.6 Å². The van der Waals surface area contributed by atoms with Crippen molar-refractivity contribution in [3.63, 3.8) is 0 Å². The molecule has 1 saturated heterocycles. The Labute approximate surface area is 133 Å². The number of anilines is 1. The molecule has 1 aliphatic rings. The zero-order chi connectivity index (χ0) is 16.8. The van der Waals surface area contributed by atoms with Gasteiger partial charge in [0, 0.05) is 31.6 Å². The minimum absolute atomic E-state index is 1.03. The fraction of sp³-hybridized carbons (Fsp3) is 0.375. The minimum atomic E-state index is -1.82. The number of aliphatic carboxylic acids is 2. The molecule has 0 saturated carbocycles. The lowest BCUT2D eigenvalue weighted by Gasteiger charge is -2.29. The number of para-hydroxylation sites is 1. The Hall–Kier alpha value is -2.54. The summed E-state index contributed by atoms with van der Waals surface area (Å²) in [5, 5.41) is 19.4. The van der Waals surface area contributed by atoms with Crippen molar-refractivity contribution in [1.29, 1.82) is 0 Å². The second kappa shape index (κ2) is 7.64. The molecule has 1 aromatic heterocycles. The highest BCUT2D eigenvalue weighted by Gasteiger charge is 2.16. The predicted octanol–water partition coefficient (Wildman–Crippen LogP) is 1.56. The molecule has 7 nitrogen and oxygen atoms in total. The van der Waals surface area contributed by atoms with E-state index in [0.29, 0.717) is 0 Å². The van der Waals surface area contributed by atoms with E-state index in [0.717, 1.165) is 38.2 Å². The molecule has 1 aromatic carbocycles. The van der Waals surface area contributed by atoms with Crippen LogP contribution in [0, 0.1) is 0 Å². The number of nitrogens with one attached hydrogen (secondary N) is 1. The molecule has 23 heavy (non-hydrogen) atoms. The standard InChI is InChI=1S/C14H18N2O.C2H2O4/c1-2-11-10-17-14-12(11)4-3-5-13(14)16-8-6-15-7-9-16;3-1(4)2(5)6/h3-5,10,15H,2,6-9H2,1H3;(H,3,4)(H,5,6). The first-order chi connectivity index (χ1) is 11.0. The number of carbonyl (C=O) groups is 2. The summed E-state index contributed by atoms with van der Waals surface area (Å²) in [4.78, 5) is 20.6. The van der Waals surface area contributed by atoms with Crippen molar-refractivity contribution in [3.05, 3.63) is 30.0 Å². The van der Waals surface area contributed by atoms with Crippen LogP contribution in [0.2, 0.25) is 0 Å². The van der Waals surface area contributed by atoms with Crippen LogP contribution in [0.4, 0.5) is 5.69 Å². The smallest absolute Gasteiger partial charge is 0.414 e. The maximum atomic E-state index is 9.10. The predicted molar refractivity (Wildman–Crippen MR) is 85.9 cm³/mol. The highest BCUT2D eigenvalue weighted by molar-refractivity contribution is 6.27. The molecule has 2 aromatic rings. The van der Waals surface area contributed by atoms with Crippen molar-refractivity contribution in [3.8, 4) is 0 Å². The number of furan rings is 1. The van der Waals surface area contributed by atoms with Crippen molar-refractivity contribution in [2.75, 3.05) is 31.1 Å². The second-order valence-corrected chi connectivity index (χ2v) is 5.12. The molecule has 0 atom stereocenters. The number of nitrogens with zero attached hydrogens (tertiary/aromatic N) is 1. The summed E-state index contributed by atoms with van der Waals surface area (Å²) in [6, 6.07) is 6.45. The monoisotopic (exact) mass is 320 g/mol. The van der Waals surface area contributed by atoms with Crippen LogP contribution >= 0.6 is 0 Å². The van der Waals surface area contributed by atoms with Crippen molar-refractivity contribution in [2.24, 2.45) is 0 Å². The van der Waals surface area contributed by atoms with Gasteiger partial charge in [-0.1, -0.05) is 19.1 Å². The van der Waals surface area contributed by atoms with Crippen LogP contribution in [0.5, 0.6) is 0 Å². The zero-order valence-corrected chi connectivity index (χ0v) is 12.9. The van der Waals surface area contributed by atoms with Gasteiger partial charge in [-0.25, -0.2) is 9.59 Å². The molecule has 0 spiro atoms. The number of benzene rings is 1. The van der Waals surface area contributed by atoms with Crippen LogP contribution in [0.25, 0.3) is 11.0 Å². The van der Waals surface area contributed by atoms with Gasteiger partial charge in [0.25, 0.3) is 0 Å². The van der Waals surface area contributed by atoms with Gasteiger partial charge in [-0.2, -0.15) is 0 Å². The average molecular weight is 320 g/mol. The van der Waals surface area contributed by atoms with Crippen LogP contribution in [0.15, 0.2) is 28.9 Å². The minimum Gasteiger partial charge on any atom is -0.473 e. The van der Waals surface area contributed by atoms with Gasteiger partial charge in [-0.3, -0.25) is 0 Å². The van der Waals surface area contributed by atoms with E-state index in [9.17, 15) is 0 Å². The Bertz CT molecular complexity index is 677. The van der Waals surface area contributed by atoms with E-state index < -0.39 is 11.9 Å². The van der Waals surface area contributed by atoms with Gasteiger partial charge in [-0.05, 0) is 18.1 Å². The maximum Gasteiger partial charge on any atom is 0.414 e. The van der Waals surface area contributed by atoms with Crippen LogP contribution < -0.4 is 10.2 Å². The summed E-state index contributed by atoms with van der Waals surface area (Å²) in [6.07, 6.45) is 2.92. The quantitative estimate of drug-likeness (QED) is 0.721. The first-order valence-corrected chi connectivity index (χ1v) is 7.45. The summed E-state index contributed by atoms with van der Waals surface area (Å²) < 4.78 is 5.76. The lowest BCUT2D eigenvalue weighted by atomic mass is 10.1. The van der Waals surface area contributed by atoms with Gasteiger partial charge in [0.1, 0.15) is 0 Å². The number of fused-ring (bicyclic) bond motifs is 1. The van der Waals surface area contributed by atoms with Gasteiger partial charge in [0.2, 0.25) is 0 Å². The molecule has 0 radical (unpaired) electrons. The number of piperazine rings is 1. The van der Waals surface area contributed by atoms with E-state index in [1.54, 1.807) is 0 Å². The lowest BCUT2D eigenvalue weighted by molar-refractivity contribution is -0.159. The normalized spacial score (nSPS) is 14.2. The summed E-state index contributed by atoms with van der Waals surface area (Å²) in [5.41, 5.74) is 3.59. The highest BCUT2D eigenvalue weighted by atomic mass is 16.4. The van der Waals surface area contributed by atoms with Crippen molar-refractivity contribution < 1.29 is 24.2 Å². The average Bonchev–Trinajstić information content (AvgIpc) is 2.99. The molecule has 3 rings (SSSR count). The van der Waals surface area contributed by atoms with E-state index in [-0.39, 0.29) is 0 Å². The molecule has 124 valence electrons. The number of carboxylic acids is 2. The number of aryl methyl sites for hydroxylation is 1. The van der Waals surface area contributed by atoms with Crippen molar-refractivity contribution in [1.82, 2.24) is 5.32 Å². The van der Waals surface area contributed by atoms with Crippen LogP contribution in [0.1, 0.15) is 12.5 Å². The molecule has 2 heterocycles.